The van der Waals surface area contributed by atoms with E-state index in [1.165, 1.54) is 0 Å². The van der Waals surface area contributed by atoms with Gasteiger partial charge in [0.05, 0.1) is 5.56 Å². The van der Waals surface area contributed by atoms with Crippen LogP contribution in [0.1, 0.15) is 47.8 Å². The van der Waals surface area contributed by atoms with Crippen molar-refractivity contribution in [3.8, 4) is 6.07 Å². The molecule has 1 aliphatic carbocycles. The lowest BCUT2D eigenvalue weighted by Gasteiger charge is -2.38. The van der Waals surface area contributed by atoms with Crippen LogP contribution in [0, 0.1) is 18.3 Å². The standard InChI is InChI=1S/C17H20N6O/c1-11-3-4-13(9-18)16(19-11)23-8-7-22(2)14(10-23)17-20-15(21-24-17)12-5-6-12/h3-4,12,14H,5-8,10H2,1-2H3/t14-/m1/s1. The van der Waals surface area contributed by atoms with Crippen molar-refractivity contribution in [1.82, 2.24) is 20.0 Å². The molecule has 124 valence electrons. The van der Waals surface area contributed by atoms with Gasteiger partial charge in [0, 0.05) is 31.2 Å². The SMILES string of the molecule is Cc1ccc(C#N)c(N2CCN(C)[C@@H](c3nc(C4CC4)no3)C2)n1. The first kappa shape index (κ1) is 15.1. The fourth-order valence-electron chi connectivity index (χ4n) is 3.09. The largest absolute Gasteiger partial charge is 0.352 e. The van der Waals surface area contributed by atoms with Gasteiger partial charge in [-0.1, -0.05) is 5.16 Å². The molecule has 4 rings (SSSR count). The lowest BCUT2D eigenvalue weighted by molar-refractivity contribution is 0.177. The van der Waals surface area contributed by atoms with E-state index in [1.54, 1.807) is 0 Å². The van der Waals surface area contributed by atoms with Gasteiger partial charge in [-0.2, -0.15) is 10.2 Å². The summed E-state index contributed by atoms with van der Waals surface area (Å²) < 4.78 is 5.53. The maximum Gasteiger partial charge on any atom is 0.245 e. The number of likely N-dealkylation sites (N-methyl/N-ethyl adjacent to an activating group) is 1. The number of nitrogens with zero attached hydrogens (tertiary/aromatic N) is 6. The number of piperazine rings is 1. The quantitative estimate of drug-likeness (QED) is 0.854. The fraction of sp³-hybridized carbons (Fsp3) is 0.529. The van der Waals surface area contributed by atoms with Crippen LogP contribution in [0.25, 0.3) is 0 Å². The van der Waals surface area contributed by atoms with Crippen LogP contribution < -0.4 is 4.90 Å². The Hall–Kier alpha value is -2.46. The van der Waals surface area contributed by atoms with E-state index < -0.39 is 0 Å². The molecule has 0 amide bonds. The van der Waals surface area contributed by atoms with Crippen molar-refractivity contribution in [1.29, 1.82) is 5.26 Å². The molecule has 24 heavy (non-hydrogen) atoms. The summed E-state index contributed by atoms with van der Waals surface area (Å²) in [5.41, 5.74) is 1.52. The highest BCUT2D eigenvalue weighted by Gasteiger charge is 2.34. The third-order valence-corrected chi connectivity index (χ3v) is 4.77. The van der Waals surface area contributed by atoms with Gasteiger partial charge in [-0.25, -0.2) is 4.98 Å². The highest BCUT2D eigenvalue weighted by Crippen LogP contribution is 2.39. The minimum atomic E-state index is 0.0209. The minimum absolute atomic E-state index is 0.0209. The molecule has 0 radical (unpaired) electrons. The maximum atomic E-state index is 9.38. The second-order valence-corrected chi connectivity index (χ2v) is 6.64. The fourth-order valence-corrected chi connectivity index (χ4v) is 3.09. The summed E-state index contributed by atoms with van der Waals surface area (Å²) >= 11 is 0. The van der Waals surface area contributed by atoms with Crippen LogP contribution in [0.15, 0.2) is 16.7 Å². The first-order chi connectivity index (χ1) is 11.7. The zero-order valence-electron chi connectivity index (χ0n) is 13.9. The lowest BCUT2D eigenvalue weighted by atomic mass is 10.1. The summed E-state index contributed by atoms with van der Waals surface area (Å²) in [5.74, 6) is 2.73. The zero-order valence-corrected chi connectivity index (χ0v) is 13.9. The van der Waals surface area contributed by atoms with Gasteiger partial charge < -0.3 is 9.42 Å². The molecule has 0 spiro atoms. The van der Waals surface area contributed by atoms with Gasteiger partial charge in [0.15, 0.2) is 5.82 Å². The number of aromatic nitrogens is 3. The van der Waals surface area contributed by atoms with E-state index in [-0.39, 0.29) is 6.04 Å². The average molecular weight is 324 g/mol. The Morgan fingerprint density at radius 1 is 1.25 bits per heavy atom. The third-order valence-electron chi connectivity index (χ3n) is 4.77. The minimum Gasteiger partial charge on any atom is -0.352 e. The molecule has 1 saturated carbocycles. The summed E-state index contributed by atoms with van der Waals surface area (Å²) in [6.07, 6.45) is 2.31. The summed E-state index contributed by atoms with van der Waals surface area (Å²) in [4.78, 5) is 13.6. The maximum absolute atomic E-state index is 9.38. The molecule has 0 bridgehead atoms. The predicted molar refractivity (Wildman–Crippen MR) is 87.5 cm³/mol. The molecule has 1 aliphatic heterocycles. The van der Waals surface area contributed by atoms with Crippen LogP contribution in [0.3, 0.4) is 0 Å². The van der Waals surface area contributed by atoms with Gasteiger partial charge >= 0.3 is 0 Å². The topological polar surface area (TPSA) is 82.1 Å². The molecule has 0 aromatic carbocycles. The van der Waals surface area contributed by atoms with Crippen molar-refractivity contribution in [3.63, 3.8) is 0 Å². The molecule has 7 nitrogen and oxygen atoms in total. The first-order valence-electron chi connectivity index (χ1n) is 8.32. The van der Waals surface area contributed by atoms with E-state index in [9.17, 15) is 5.26 Å². The van der Waals surface area contributed by atoms with Crippen molar-refractivity contribution in [2.75, 3.05) is 31.6 Å². The molecule has 2 aliphatic rings. The number of rotatable bonds is 3. The highest BCUT2D eigenvalue weighted by atomic mass is 16.5. The van der Waals surface area contributed by atoms with Gasteiger partial charge in [0.25, 0.3) is 0 Å². The summed E-state index contributed by atoms with van der Waals surface area (Å²) in [7, 11) is 2.07. The number of anilines is 1. The Kier molecular flexibility index (Phi) is 3.69. The summed E-state index contributed by atoms with van der Waals surface area (Å²) in [6, 6.07) is 5.97. The van der Waals surface area contributed by atoms with Crippen LogP contribution >= 0.6 is 0 Å². The molecular weight excluding hydrogens is 304 g/mol. The molecule has 7 heteroatoms. The van der Waals surface area contributed by atoms with Crippen molar-refractivity contribution in [2.24, 2.45) is 0 Å². The molecular formula is C17H20N6O. The number of nitriles is 1. The van der Waals surface area contributed by atoms with Crippen LogP contribution in [0.5, 0.6) is 0 Å². The van der Waals surface area contributed by atoms with E-state index in [1.807, 2.05) is 19.1 Å². The molecule has 2 fully saturated rings. The van der Waals surface area contributed by atoms with Gasteiger partial charge in [-0.3, -0.25) is 4.90 Å². The number of hydrogen-bond donors (Lipinski definition) is 0. The summed E-state index contributed by atoms with van der Waals surface area (Å²) in [6.45, 7) is 4.31. The second-order valence-electron chi connectivity index (χ2n) is 6.64. The van der Waals surface area contributed by atoms with Crippen LogP contribution in [-0.4, -0.2) is 46.7 Å². The average Bonchev–Trinajstić information content (AvgIpc) is 3.33. The molecule has 2 aromatic heterocycles. The Morgan fingerprint density at radius 3 is 2.83 bits per heavy atom. The zero-order chi connectivity index (χ0) is 16.7. The Morgan fingerprint density at radius 2 is 2.08 bits per heavy atom. The molecule has 3 heterocycles. The normalized spacial score (nSPS) is 21.7. The van der Waals surface area contributed by atoms with Crippen molar-refractivity contribution in [2.45, 2.75) is 31.7 Å². The number of pyridine rings is 1. The van der Waals surface area contributed by atoms with E-state index in [0.29, 0.717) is 23.9 Å². The molecule has 1 atom stereocenters. The molecule has 0 N–H and O–H groups in total. The van der Waals surface area contributed by atoms with Gasteiger partial charge in [0.1, 0.15) is 17.9 Å². The van der Waals surface area contributed by atoms with E-state index >= 15 is 0 Å². The van der Waals surface area contributed by atoms with E-state index in [2.05, 4.69) is 38.0 Å². The van der Waals surface area contributed by atoms with Crippen molar-refractivity contribution in [3.05, 3.63) is 35.1 Å². The van der Waals surface area contributed by atoms with Gasteiger partial charge in [-0.05, 0) is 38.9 Å². The first-order valence-corrected chi connectivity index (χ1v) is 8.32. The number of hydrogen-bond acceptors (Lipinski definition) is 7. The Balaban J connectivity index is 1.60. The van der Waals surface area contributed by atoms with E-state index in [0.717, 1.165) is 43.3 Å². The summed E-state index contributed by atoms with van der Waals surface area (Å²) in [5, 5.41) is 13.5. The monoisotopic (exact) mass is 324 g/mol. The Bertz CT molecular complexity index is 791. The Labute approximate surface area is 140 Å². The smallest absolute Gasteiger partial charge is 0.245 e. The lowest BCUT2D eigenvalue weighted by Crippen LogP contribution is -2.47. The van der Waals surface area contributed by atoms with Crippen LogP contribution in [0.2, 0.25) is 0 Å². The number of aryl methyl sites for hydroxylation is 1. The third kappa shape index (κ3) is 2.74. The predicted octanol–water partition coefficient (Wildman–Crippen LogP) is 2.02. The van der Waals surface area contributed by atoms with Crippen LogP contribution in [0.4, 0.5) is 5.82 Å². The van der Waals surface area contributed by atoms with Gasteiger partial charge in [0.2, 0.25) is 5.89 Å². The van der Waals surface area contributed by atoms with Crippen LogP contribution in [-0.2, 0) is 0 Å². The molecule has 0 unspecified atom stereocenters. The van der Waals surface area contributed by atoms with Crippen molar-refractivity contribution >= 4 is 5.82 Å². The van der Waals surface area contributed by atoms with E-state index in [4.69, 9.17) is 4.52 Å². The molecule has 2 aromatic rings. The molecule has 1 saturated heterocycles. The second kappa shape index (κ2) is 5.87. The van der Waals surface area contributed by atoms with Gasteiger partial charge in [-0.15, -0.1) is 0 Å². The van der Waals surface area contributed by atoms with Crippen molar-refractivity contribution < 1.29 is 4.52 Å². The highest BCUT2D eigenvalue weighted by molar-refractivity contribution is 5.54.